The average molecular weight is 462 g/mol. The lowest BCUT2D eigenvalue weighted by atomic mass is 9.91. The summed E-state index contributed by atoms with van der Waals surface area (Å²) in [4.78, 5) is 22.7. The molecule has 0 unspecified atom stereocenters. The molecule has 7 heteroatoms. The molecule has 2 aliphatic carbocycles. The van der Waals surface area contributed by atoms with E-state index in [2.05, 4.69) is 23.0 Å². The maximum Gasteiger partial charge on any atom is 0.325 e. The zero-order valence-corrected chi connectivity index (χ0v) is 20.2. The SMILES string of the molecule is C1CCC(NC2CCCCC2)CC1.C[C@H](CS)C(=O)N(CC(=O)O)/N=C/c1ccccc1. The van der Waals surface area contributed by atoms with E-state index < -0.39 is 12.5 Å². The number of carbonyl (C=O) groups is 2. The van der Waals surface area contributed by atoms with Crippen LogP contribution in [-0.2, 0) is 9.59 Å². The fourth-order valence-corrected chi connectivity index (χ4v) is 4.34. The van der Waals surface area contributed by atoms with Gasteiger partial charge in [0.2, 0.25) is 5.91 Å². The summed E-state index contributed by atoms with van der Waals surface area (Å²) >= 11 is 4.03. The third kappa shape index (κ3) is 10.2. The van der Waals surface area contributed by atoms with Gasteiger partial charge in [0.15, 0.2) is 0 Å². The summed E-state index contributed by atoms with van der Waals surface area (Å²) in [5.74, 6) is -1.50. The van der Waals surface area contributed by atoms with Gasteiger partial charge in [0.1, 0.15) is 6.54 Å². The van der Waals surface area contributed by atoms with Gasteiger partial charge in [-0.3, -0.25) is 9.59 Å². The Hall–Kier alpha value is -1.86. The quantitative estimate of drug-likeness (QED) is 0.297. The van der Waals surface area contributed by atoms with E-state index in [1.165, 1.54) is 70.4 Å². The molecule has 0 aromatic heterocycles. The lowest BCUT2D eigenvalue weighted by molar-refractivity contribution is -0.145. The Morgan fingerprint density at radius 1 is 1.06 bits per heavy atom. The third-order valence-corrected chi connectivity index (χ3v) is 6.61. The first-order valence-corrected chi connectivity index (χ1v) is 12.6. The topological polar surface area (TPSA) is 82.0 Å². The highest BCUT2D eigenvalue weighted by molar-refractivity contribution is 7.80. The van der Waals surface area contributed by atoms with Crippen LogP contribution in [0.15, 0.2) is 35.4 Å². The summed E-state index contributed by atoms with van der Waals surface area (Å²) in [6.07, 6.45) is 16.0. The van der Waals surface area contributed by atoms with Crippen molar-refractivity contribution in [2.75, 3.05) is 12.3 Å². The van der Waals surface area contributed by atoms with Gasteiger partial charge < -0.3 is 10.4 Å². The number of nitrogens with one attached hydrogen (secondary N) is 1. The van der Waals surface area contributed by atoms with E-state index >= 15 is 0 Å². The van der Waals surface area contributed by atoms with Crippen LogP contribution < -0.4 is 5.32 Å². The number of hydrazone groups is 1. The Bertz CT molecular complexity index is 686. The number of nitrogens with zero attached hydrogens (tertiary/aromatic N) is 2. The molecule has 1 atom stereocenters. The van der Waals surface area contributed by atoms with Crippen LogP contribution in [-0.4, -0.2) is 52.6 Å². The van der Waals surface area contributed by atoms with Crippen molar-refractivity contribution < 1.29 is 14.7 Å². The fraction of sp³-hybridized carbons (Fsp3) is 0.640. The van der Waals surface area contributed by atoms with Crippen LogP contribution in [0.1, 0.15) is 76.7 Å². The molecule has 6 nitrogen and oxygen atoms in total. The first-order chi connectivity index (χ1) is 15.5. The largest absolute Gasteiger partial charge is 0.480 e. The molecule has 2 N–H and O–H groups in total. The second-order valence-corrected chi connectivity index (χ2v) is 9.23. The Labute approximate surface area is 198 Å². The highest BCUT2D eigenvalue weighted by atomic mass is 32.1. The van der Waals surface area contributed by atoms with Crippen molar-refractivity contribution in [3.63, 3.8) is 0 Å². The minimum absolute atomic E-state index is 0.343. The van der Waals surface area contributed by atoms with Gasteiger partial charge in [0.05, 0.1) is 6.21 Å². The van der Waals surface area contributed by atoms with E-state index in [1.807, 2.05) is 30.3 Å². The van der Waals surface area contributed by atoms with Gasteiger partial charge in [-0.05, 0) is 31.2 Å². The molecule has 1 amide bonds. The van der Waals surface area contributed by atoms with Crippen LogP contribution in [0.25, 0.3) is 0 Å². The van der Waals surface area contributed by atoms with Crippen molar-refractivity contribution in [3.05, 3.63) is 35.9 Å². The Kier molecular flexibility index (Phi) is 12.4. The minimum Gasteiger partial charge on any atom is -0.480 e. The lowest BCUT2D eigenvalue weighted by Gasteiger charge is -2.30. The highest BCUT2D eigenvalue weighted by Crippen LogP contribution is 2.22. The maximum atomic E-state index is 11.9. The van der Waals surface area contributed by atoms with Crippen LogP contribution in [0.2, 0.25) is 0 Å². The maximum absolute atomic E-state index is 11.9. The normalized spacial score (nSPS) is 18.6. The molecule has 178 valence electrons. The molecule has 3 rings (SSSR count). The Balaban J connectivity index is 0.000000242. The van der Waals surface area contributed by atoms with Crippen LogP contribution >= 0.6 is 12.6 Å². The zero-order valence-electron chi connectivity index (χ0n) is 19.3. The van der Waals surface area contributed by atoms with Crippen molar-refractivity contribution in [3.8, 4) is 0 Å². The van der Waals surface area contributed by atoms with Gasteiger partial charge in [-0.25, -0.2) is 5.01 Å². The van der Waals surface area contributed by atoms with E-state index in [0.29, 0.717) is 5.75 Å². The zero-order chi connectivity index (χ0) is 23.2. The predicted octanol–water partition coefficient (Wildman–Crippen LogP) is 4.74. The number of thiol groups is 1. The first kappa shape index (κ1) is 26.4. The molecule has 0 radical (unpaired) electrons. The van der Waals surface area contributed by atoms with E-state index in [9.17, 15) is 9.59 Å². The summed E-state index contributed by atoms with van der Waals surface area (Å²) in [7, 11) is 0. The summed E-state index contributed by atoms with van der Waals surface area (Å²) in [6.45, 7) is 1.22. The van der Waals surface area contributed by atoms with Gasteiger partial charge in [0, 0.05) is 23.8 Å². The van der Waals surface area contributed by atoms with Crippen molar-refractivity contribution >= 4 is 30.7 Å². The van der Waals surface area contributed by atoms with Crippen molar-refractivity contribution in [2.24, 2.45) is 11.0 Å². The van der Waals surface area contributed by atoms with Crippen molar-refractivity contribution in [1.82, 2.24) is 10.3 Å². The van der Waals surface area contributed by atoms with Crippen LogP contribution in [0, 0.1) is 5.92 Å². The number of carboxylic acid groups (broad SMARTS) is 1. The van der Waals surface area contributed by atoms with Crippen LogP contribution in [0.4, 0.5) is 0 Å². The molecule has 0 heterocycles. The molecule has 2 aliphatic rings. The number of hydrogen-bond donors (Lipinski definition) is 3. The molecule has 32 heavy (non-hydrogen) atoms. The first-order valence-electron chi connectivity index (χ1n) is 12.0. The molecular formula is C25H39N3O3S. The smallest absolute Gasteiger partial charge is 0.325 e. The summed E-state index contributed by atoms with van der Waals surface area (Å²) in [5.41, 5.74) is 0.796. The van der Waals surface area contributed by atoms with E-state index in [0.717, 1.165) is 22.7 Å². The highest BCUT2D eigenvalue weighted by Gasteiger charge is 2.21. The number of amides is 1. The van der Waals surface area contributed by atoms with Crippen LogP contribution in [0.3, 0.4) is 0 Å². The molecule has 0 spiro atoms. The van der Waals surface area contributed by atoms with E-state index in [-0.39, 0.29) is 11.8 Å². The average Bonchev–Trinajstić information content (AvgIpc) is 2.83. The van der Waals surface area contributed by atoms with Crippen LogP contribution in [0.5, 0.6) is 0 Å². The van der Waals surface area contributed by atoms with Gasteiger partial charge >= 0.3 is 5.97 Å². The lowest BCUT2D eigenvalue weighted by Crippen LogP contribution is -2.40. The summed E-state index contributed by atoms with van der Waals surface area (Å²) in [6, 6.07) is 10.9. The summed E-state index contributed by atoms with van der Waals surface area (Å²) in [5, 5.41) is 17.6. The Morgan fingerprint density at radius 3 is 2.06 bits per heavy atom. The number of aliphatic carboxylic acids is 1. The predicted molar refractivity (Wildman–Crippen MR) is 133 cm³/mol. The molecule has 1 aromatic carbocycles. The molecule has 0 bridgehead atoms. The van der Waals surface area contributed by atoms with Gasteiger partial charge in [-0.1, -0.05) is 75.8 Å². The van der Waals surface area contributed by atoms with Crippen molar-refractivity contribution in [1.29, 1.82) is 0 Å². The molecule has 0 saturated heterocycles. The number of hydrogen-bond acceptors (Lipinski definition) is 5. The van der Waals surface area contributed by atoms with Gasteiger partial charge in [0.25, 0.3) is 0 Å². The summed E-state index contributed by atoms with van der Waals surface area (Å²) < 4.78 is 0. The molecule has 0 aliphatic heterocycles. The minimum atomic E-state index is -1.11. The van der Waals surface area contributed by atoms with E-state index in [4.69, 9.17) is 5.11 Å². The van der Waals surface area contributed by atoms with Gasteiger partial charge in [-0.15, -0.1) is 0 Å². The number of carboxylic acids is 1. The number of carbonyl (C=O) groups excluding carboxylic acids is 1. The number of rotatable bonds is 8. The standard InChI is InChI=1S/C13H16N2O3S.C12H23N/c1-10(9-19)13(18)15(8-12(16)17)14-7-11-5-3-2-4-6-11;1-3-7-11(8-4-1)13-12-9-5-2-6-10-12/h2-7,10,19H,8-9H2,1H3,(H,16,17);11-13H,1-10H2/b14-7+;/t10-;/m1./s1. The van der Waals surface area contributed by atoms with Crippen molar-refractivity contribution in [2.45, 2.75) is 83.2 Å². The molecule has 1 aromatic rings. The fourth-order valence-electron chi connectivity index (χ4n) is 4.18. The molecular weight excluding hydrogens is 422 g/mol. The molecule has 2 fully saturated rings. The molecule has 2 saturated carbocycles. The Morgan fingerprint density at radius 2 is 1.59 bits per heavy atom. The van der Waals surface area contributed by atoms with Gasteiger partial charge in [-0.2, -0.15) is 17.7 Å². The van der Waals surface area contributed by atoms with E-state index in [1.54, 1.807) is 6.92 Å². The third-order valence-electron chi connectivity index (χ3n) is 6.06. The second kappa shape index (κ2) is 15.1. The monoisotopic (exact) mass is 461 g/mol. The second-order valence-electron chi connectivity index (χ2n) is 8.87. The number of benzene rings is 1.